The number of nitrogens with zero attached hydrogens (tertiary/aromatic N) is 2. The molecule has 3 aromatic rings. The van der Waals surface area contributed by atoms with Crippen LogP contribution in [0.25, 0.3) is 0 Å². The van der Waals surface area contributed by atoms with Crippen LogP contribution in [0, 0.1) is 0 Å². The summed E-state index contributed by atoms with van der Waals surface area (Å²) in [6, 6.07) is 18.1. The minimum atomic E-state index is -0.287. The van der Waals surface area contributed by atoms with E-state index in [9.17, 15) is 9.59 Å². The van der Waals surface area contributed by atoms with Crippen LogP contribution in [-0.2, 0) is 9.59 Å². The Labute approximate surface area is 171 Å². The monoisotopic (exact) mass is 409 g/mol. The van der Waals surface area contributed by atoms with E-state index in [2.05, 4.69) is 5.32 Å². The first-order valence-corrected chi connectivity index (χ1v) is 9.92. The Hall–Kier alpha value is -2.96. The van der Waals surface area contributed by atoms with Crippen molar-refractivity contribution in [3.8, 4) is 0 Å². The Morgan fingerprint density at radius 3 is 2.64 bits per heavy atom. The van der Waals surface area contributed by atoms with Gasteiger partial charge in [0.25, 0.3) is 0 Å². The number of hydrogen-bond donors (Lipinski definition) is 1. The van der Waals surface area contributed by atoms with Gasteiger partial charge in [0, 0.05) is 15.6 Å². The predicted molar refractivity (Wildman–Crippen MR) is 114 cm³/mol. The summed E-state index contributed by atoms with van der Waals surface area (Å²) in [7, 11) is 0. The van der Waals surface area contributed by atoms with E-state index in [1.54, 1.807) is 35.6 Å². The molecule has 4 rings (SSSR count). The number of rotatable bonds is 4. The summed E-state index contributed by atoms with van der Waals surface area (Å²) < 4.78 is 0. The lowest BCUT2D eigenvalue weighted by Crippen LogP contribution is -2.38. The maximum absolute atomic E-state index is 13.0. The average Bonchev–Trinajstić information content (AvgIpc) is 3.18. The standard InChI is InChI=1S/C21H16ClN3O2S/c22-14-7-9-15(10-8-14)23-20(26)13-25-18-5-2-1-4-16(18)24-17(12-21(25)27)19-6-3-11-28-19/h1-11H,12-13H2,(H,23,26). The van der Waals surface area contributed by atoms with Crippen molar-refractivity contribution in [3.05, 3.63) is 75.9 Å². The van der Waals surface area contributed by atoms with E-state index in [0.29, 0.717) is 27.8 Å². The van der Waals surface area contributed by atoms with Crippen molar-refractivity contribution < 1.29 is 9.59 Å². The van der Waals surface area contributed by atoms with E-state index in [1.165, 1.54) is 4.90 Å². The van der Waals surface area contributed by atoms with Gasteiger partial charge in [-0.25, -0.2) is 4.99 Å². The summed E-state index contributed by atoms with van der Waals surface area (Å²) in [6.45, 7) is -0.0916. The fourth-order valence-electron chi connectivity index (χ4n) is 2.98. The molecule has 1 aliphatic heterocycles. The summed E-state index contributed by atoms with van der Waals surface area (Å²) in [4.78, 5) is 32.7. The fraction of sp³-hybridized carbons (Fsp3) is 0.0952. The van der Waals surface area contributed by atoms with Crippen molar-refractivity contribution in [2.24, 2.45) is 4.99 Å². The topological polar surface area (TPSA) is 61.8 Å². The number of anilines is 2. The maximum atomic E-state index is 13.0. The second-order valence-corrected chi connectivity index (χ2v) is 7.62. The lowest BCUT2D eigenvalue weighted by Gasteiger charge is -2.21. The van der Waals surface area contributed by atoms with E-state index in [4.69, 9.17) is 16.6 Å². The van der Waals surface area contributed by atoms with Gasteiger partial charge in [-0.05, 0) is 47.8 Å². The third-order valence-corrected chi connectivity index (χ3v) is 5.45. The van der Waals surface area contributed by atoms with Crippen molar-refractivity contribution in [1.29, 1.82) is 0 Å². The quantitative estimate of drug-likeness (QED) is 0.666. The molecule has 0 bridgehead atoms. The maximum Gasteiger partial charge on any atom is 0.244 e. The summed E-state index contributed by atoms with van der Waals surface area (Å²) in [5.74, 6) is -0.451. The number of benzene rings is 2. The van der Waals surface area contributed by atoms with Crippen LogP contribution in [0.5, 0.6) is 0 Å². The number of para-hydroxylation sites is 2. The number of nitrogens with one attached hydrogen (secondary N) is 1. The summed E-state index contributed by atoms with van der Waals surface area (Å²) in [5, 5.41) is 5.35. The van der Waals surface area contributed by atoms with Gasteiger partial charge in [0.1, 0.15) is 6.54 Å². The molecule has 0 fully saturated rings. The van der Waals surface area contributed by atoms with Gasteiger partial charge in [-0.1, -0.05) is 29.8 Å². The van der Waals surface area contributed by atoms with Crippen LogP contribution in [0.4, 0.5) is 17.1 Å². The molecule has 1 N–H and O–H groups in total. The number of halogens is 1. The number of aliphatic imine (C=N–C) groups is 1. The zero-order chi connectivity index (χ0) is 19.5. The lowest BCUT2D eigenvalue weighted by atomic mass is 10.2. The zero-order valence-corrected chi connectivity index (χ0v) is 16.3. The predicted octanol–water partition coefficient (Wildman–Crippen LogP) is 4.90. The van der Waals surface area contributed by atoms with Gasteiger partial charge < -0.3 is 10.2 Å². The Kier molecular flexibility index (Phi) is 5.23. The Morgan fingerprint density at radius 1 is 1.11 bits per heavy atom. The van der Waals surface area contributed by atoms with Crippen molar-refractivity contribution in [3.63, 3.8) is 0 Å². The normalized spacial score (nSPS) is 13.5. The van der Waals surface area contributed by atoms with Gasteiger partial charge in [-0.15, -0.1) is 11.3 Å². The van der Waals surface area contributed by atoms with E-state index >= 15 is 0 Å². The van der Waals surface area contributed by atoms with Crippen molar-refractivity contribution in [1.82, 2.24) is 0 Å². The second-order valence-electron chi connectivity index (χ2n) is 6.24. The number of amides is 2. The highest BCUT2D eigenvalue weighted by Crippen LogP contribution is 2.33. The van der Waals surface area contributed by atoms with Crippen LogP contribution in [0.2, 0.25) is 5.02 Å². The molecule has 1 aromatic heterocycles. The van der Waals surface area contributed by atoms with Gasteiger partial charge in [0.15, 0.2) is 0 Å². The van der Waals surface area contributed by atoms with Crippen LogP contribution in [0.15, 0.2) is 71.0 Å². The van der Waals surface area contributed by atoms with Gasteiger partial charge in [-0.2, -0.15) is 0 Å². The molecule has 28 heavy (non-hydrogen) atoms. The molecule has 0 atom stereocenters. The molecule has 2 amide bonds. The number of carbonyl (C=O) groups excluding carboxylic acids is 2. The first kappa shape index (κ1) is 18.4. The van der Waals surface area contributed by atoms with Gasteiger partial charge in [0.2, 0.25) is 11.8 Å². The van der Waals surface area contributed by atoms with E-state index in [0.717, 1.165) is 4.88 Å². The van der Waals surface area contributed by atoms with Crippen LogP contribution in [-0.4, -0.2) is 24.1 Å². The van der Waals surface area contributed by atoms with Gasteiger partial charge >= 0.3 is 0 Å². The summed E-state index contributed by atoms with van der Waals surface area (Å²) in [5.41, 5.74) is 2.65. The van der Waals surface area contributed by atoms with Crippen molar-refractivity contribution >= 4 is 57.5 Å². The summed E-state index contributed by atoms with van der Waals surface area (Å²) in [6.07, 6.45) is 0.142. The number of fused-ring (bicyclic) bond motifs is 1. The van der Waals surface area contributed by atoms with E-state index < -0.39 is 0 Å². The first-order valence-electron chi connectivity index (χ1n) is 8.66. The third kappa shape index (κ3) is 3.98. The number of thiophene rings is 1. The molecule has 2 heterocycles. The highest BCUT2D eigenvalue weighted by atomic mass is 35.5. The molecule has 5 nitrogen and oxygen atoms in total. The Bertz CT molecular complexity index is 1050. The molecular weight excluding hydrogens is 394 g/mol. The first-order chi connectivity index (χ1) is 13.6. The molecule has 0 radical (unpaired) electrons. The Balaban J connectivity index is 1.59. The minimum absolute atomic E-state index is 0.0916. The van der Waals surface area contributed by atoms with Crippen LogP contribution < -0.4 is 10.2 Å². The summed E-state index contributed by atoms with van der Waals surface area (Å²) >= 11 is 7.42. The molecule has 0 aliphatic carbocycles. The minimum Gasteiger partial charge on any atom is -0.325 e. The van der Waals surface area contributed by atoms with Crippen LogP contribution in [0.3, 0.4) is 0 Å². The average molecular weight is 410 g/mol. The second kappa shape index (κ2) is 7.96. The smallest absolute Gasteiger partial charge is 0.244 e. The molecule has 140 valence electrons. The lowest BCUT2D eigenvalue weighted by molar-refractivity contribution is -0.120. The number of carbonyl (C=O) groups is 2. The van der Waals surface area contributed by atoms with E-state index in [-0.39, 0.29) is 24.8 Å². The SMILES string of the molecule is O=C(CN1C(=O)CC(c2cccs2)=Nc2ccccc21)Nc1ccc(Cl)cc1. The van der Waals surface area contributed by atoms with Crippen LogP contribution >= 0.6 is 22.9 Å². The molecule has 1 aliphatic rings. The largest absolute Gasteiger partial charge is 0.325 e. The molecular formula is C21H16ClN3O2S. The molecule has 0 spiro atoms. The molecule has 2 aromatic carbocycles. The molecule has 0 unspecified atom stereocenters. The highest BCUT2D eigenvalue weighted by molar-refractivity contribution is 7.12. The van der Waals surface area contributed by atoms with Gasteiger partial charge in [0.05, 0.1) is 23.5 Å². The highest BCUT2D eigenvalue weighted by Gasteiger charge is 2.26. The number of hydrogen-bond acceptors (Lipinski definition) is 4. The van der Waals surface area contributed by atoms with Gasteiger partial charge in [-0.3, -0.25) is 9.59 Å². The third-order valence-electron chi connectivity index (χ3n) is 4.28. The molecule has 7 heteroatoms. The molecule has 0 saturated heterocycles. The molecule has 0 saturated carbocycles. The van der Waals surface area contributed by atoms with Crippen LogP contribution in [0.1, 0.15) is 11.3 Å². The van der Waals surface area contributed by atoms with Crippen molar-refractivity contribution in [2.45, 2.75) is 6.42 Å². The van der Waals surface area contributed by atoms with Crippen molar-refractivity contribution in [2.75, 3.05) is 16.8 Å². The Morgan fingerprint density at radius 2 is 1.89 bits per heavy atom. The zero-order valence-electron chi connectivity index (χ0n) is 14.8. The van der Waals surface area contributed by atoms with E-state index in [1.807, 2.05) is 41.8 Å². The fourth-order valence-corrected chi connectivity index (χ4v) is 3.82.